The third-order valence-electron chi connectivity index (χ3n) is 3.27. The Bertz CT molecular complexity index is 586. The van der Waals surface area contributed by atoms with Crippen molar-refractivity contribution < 1.29 is 0 Å². The Kier molecular flexibility index (Phi) is 5.46. The highest BCUT2D eigenvalue weighted by Gasteiger charge is 2.11. The Morgan fingerprint density at radius 3 is 2.60 bits per heavy atom. The number of hydrogen-bond acceptors (Lipinski definition) is 2. The molecule has 0 bridgehead atoms. The van der Waals surface area contributed by atoms with E-state index in [1.807, 2.05) is 24.3 Å². The Morgan fingerprint density at radius 1 is 1.15 bits per heavy atom. The summed E-state index contributed by atoms with van der Waals surface area (Å²) in [6, 6.07) is 14.2. The summed E-state index contributed by atoms with van der Waals surface area (Å²) in [5, 5.41) is 0.784. The van der Waals surface area contributed by atoms with Gasteiger partial charge in [-0.25, -0.2) is 0 Å². The molecule has 0 aromatic heterocycles. The van der Waals surface area contributed by atoms with Crippen LogP contribution in [-0.2, 0) is 13.0 Å². The first-order valence-electron chi connectivity index (χ1n) is 6.55. The lowest BCUT2D eigenvalue weighted by Crippen LogP contribution is -2.19. The van der Waals surface area contributed by atoms with Crippen LogP contribution in [0.25, 0.3) is 0 Å². The van der Waals surface area contributed by atoms with E-state index < -0.39 is 0 Å². The molecule has 2 N–H and O–H groups in total. The summed E-state index contributed by atoms with van der Waals surface area (Å²) in [6.45, 7) is 1.42. The lowest BCUT2D eigenvalue weighted by Gasteiger charge is -2.24. The van der Waals surface area contributed by atoms with Gasteiger partial charge in [-0.15, -0.1) is 0 Å². The molecule has 2 rings (SSSR count). The van der Waals surface area contributed by atoms with Crippen molar-refractivity contribution in [2.75, 3.05) is 18.5 Å². The van der Waals surface area contributed by atoms with Gasteiger partial charge in [0.05, 0.1) is 0 Å². The van der Waals surface area contributed by atoms with Crippen molar-refractivity contribution >= 4 is 33.2 Å². The van der Waals surface area contributed by atoms with Crippen molar-refractivity contribution in [1.29, 1.82) is 0 Å². The molecule has 20 heavy (non-hydrogen) atoms. The van der Waals surface area contributed by atoms with Crippen LogP contribution in [0, 0.1) is 0 Å². The standard InChI is InChI=1S/C16H18BrClN2/c1-20(11-12-5-2-3-6-14(12)17)16-8-4-7-15(18)13(16)9-10-19/h2-8H,9-11,19H2,1H3. The van der Waals surface area contributed by atoms with Crippen LogP contribution in [0.5, 0.6) is 0 Å². The molecule has 2 aromatic carbocycles. The summed E-state index contributed by atoms with van der Waals surface area (Å²) in [4.78, 5) is 2.21. The van der Waals surface area contributed by atoms with E-state index in [9.17, 15) is 0 Å². The summed E-state index contributed by atoms with van der Waals surface area (Å²) < 4.78 is 1.12. The number of hydrogen-bond donors (Lipinski definition) is 1. The maximum Gasteiger partial charge on any atom is 0.0459 e. The van der Waals surface area contributed by atoms with Gasteiger partial charge < -0.3 is 10.6 Å². The van der Waals surface area contributed by atoms with Crippen molar-refractivity contribution in [3.63, 3.8) is 0 Å². The minimum absolute atomic E-state index is 0.597. The molecule has 0 aliphatic heterocycles. The van der Waals surface area contributed by atoms with E-state index in [4.69, 9.17) is 17.3 Å². The van der Waals surface area contributed by atoms with Gasteiger partial charge in [-0.1, -0.05) is 51.8 Å². The van der Waals surface area contributed by atoms with Crippen molar-refractivity contribution in [2.24, 2.45) is 5.73 Å². The zero-order chi connectivity index (χ0) is 14.5. The van der Waals surface area contributed by atoms with E-state index in [0.29, 0.717) is 6.54 Å². The molecule has 4 heteroatoms. The minimum Gasteiger partial charge on any atom is -0.370 e. The highest BCUT2D eigenvalue weighted by atomic mass is 79.9. The molecule has 0 amide bonds. The van der Waals surface area contributed by atoms with E-state index in [-0.39, 0.29) is 0 Å². The van der Waals surface area contributed by atoms with Gasteiger partial charge in [0, 0.05) is 28.8 Å². The second-order valence-electron chi connectivity index (χ2n) is 4.72. The van der Waals surface area contributed by atoms with Gasteiger partial charge in [0.15, 0.2) is 0 Å². The van der Waals surface area contributed by atoms with Crippen molar-refractivity contribution in [3.8, 4) is 0 Å². The minimum atomic E-state index is 0.597. The molecule has 0 saturated carbocycles. The summed E-state index contributed by atoms with van der Waals surface area (Å²) in [5.41, 5.74) is 9.19. The van der Waals surface area contributed by atoms with Crippen LogP contribution in [-0.4, -0.2) is 13.6 Å². The molecule has 106 valence electrons. The lowest BCUT2D eigenvalue weighted by atomic mass is 10.1. The quantitative estimate of drug-likeness (QED) is 0.871. The molecule has 2 aromatic rings. The topological polar surface area (TPSA) is 29.3 Å². The monoisotopic (exact) mass is 352 g/mol. The fourth-order valence-electron chi connectivity index (χ4n) is 2.26. The van der Waals surface area contributed by atoms with Crippen LogP contribution >= 0.6 is 27.5 Å². The Hall–Kier alpha value is -1.03. The van der Waals surface area contributed by atoms with Gasteiger partial charge >= 0.3 is 0 Å². The lowest BCUT2D eigenvalue weighted by molar-refractivity contribution is 0.890. The molecule has 0 atom stereocenters. The Labute approximate surface area is 133 Å². The number of nitrogens with zero attached hydrogens (tertiary/aromatic N) is 1. The van der Waals surface area contributed by atoms with Gasteiger partial charge in [-0.3, -0.25) is 0 Å². The van der Waals surface area contributed by atoms with E-state index in [0.717, 1.165) is 33.7 Å². The van der Waals surface area contributed by atoms with E-state index in [1.165, 1.54) is 5.56 Å². The first kappa shape index (κ1) is 15.4. The molecule has 0 saturated heterocycles. The van der Waals surface area contributed by atoms with E-state index >= 15 is 0 Å². The third-order valence-corrected chi connectivity index (χ3v) is 4.39. The van der Waals surface area contributed by atoms with Crippen molar-refractivity contribution in [3.05, 3.63) is 63.1 Å². The maximum absolute atomic E-state index is 6.30. The van der Waals surface area contributed by atoms with Crippen LogP contribution in [0.3, 0.4) is 0 Å². The fraction of sp³-hybridized carbons (Fsp3) is 0.250. The number of halogens is 2. The maximum atomic E-state index is 6.30. The first-order chi connectivity index (χ1) is 9.63. The normalized spacial score (nSPS) is 10.6. The Balaban J connectivity index is 2.27. The molecular formula is C16H18BrClN2. The summed E-state index contributed by atoms with van der Waals surface area (Å²) in [5.74, 6) is 0. The van der Waals surface area contributed by atoms with Crippen LogP contribution in [0.15, 0.2) is 46.9 Å². The number of rotatable bonds is 5. The average Bonchev–Trinajstić information content (AvgIpc) is 2.43. The second-order valence-corrected chi connectivity index (χ2v) is 5.99. The molecule has 0 fully saturated rings. The summed E-state index contributed by atoms with van der Waals surface area (Å²) in [7, 11) is 2.07. The zero-order valence-electron chi connectivity index (χ0n) is 11.4. The van der Waals surface area contributed by atoms with Gasteiger partial charge in [0.25, 0.3) is 0 Å². The third kappa shape index (κ3) is 3.54. The van der Waals surface area contributed by atoms with Gasteiger partial charge in [-0.05, 0) is 42.3 Å². The number of benzene rings is 2. The predicted molar refractivity (Wildman–Crippen MR) is 90.5 cm³/mol. The first-order valence-corrected chi connectivity index (χ1v) is 7.72. The smallest absolute Gasteiger partial charge is 0.0459 e. The average molecular weight is 354 g/mol. The molecule has 0 unspecified atom stereocenters. The van der Waals surface area contributed by atoms with Gasteiger partial charge in [-0.2, -0.15) is 0 Å². The van der Waals surface area contributed by atoms with Crippen molar-refractivity contribution in [1.82, 2.24) is 0 Å². The zero-order valence-corrected chi connectivity index (χ0v) is 13.8. The number of nitrogens with two attached hydrogens (primary N) is 1. The van der Waals surface area contributed by atoms with Crippen molar-refractivity contribution in [2.45, 2.75) is 13.0 Å². The fourth-order valence-corrected chi connectivity index (χ4v) is 2.94. The van der Waals surface area contributed by atoms with Gasteiger partial charge in [0.1, 0.15) is 0 Å². The summed E-state index contributed by atoms with van der Waals surface area (Å²) in [6.07, 6.45) is 0.787. The predicted octanol–water partition coefficient (Wildman–Crippen LogP) is 4.24. The highest BCUT2D eigenvalue weighted by Crippen LogP contribution is 2.29. The molecule has 0 spiro atoms. The molecular weight excluding hydrogens is 336 g/mol. The second kappa shape index (κ2) is 7.11. The molecule has 0 heterocycles. The van der Waals surface area contributed by atoms with Crippen LogP contribution in [0.2, 0.25) is 5.02 Å². The summed E-state index contributed by atoms with van der Waals surface area (Å²) >= 11 is 9.88. The largest absolute Gasteiger partial charge is 0.370 e. The van der Waals surface area contributed by atoms with Crippen LogP contribution in [0.4, 0.5) is 5.69 Å². The van der Waals surface area contributed by atoms with E-state index in [2.05, 4.69) is 46.1 Å². The van der Waals surface area contributed by atoms with Crippen LogP contribution in [0.1, 0.15) is 11.1 Å². The molecule has 0 aliphatic carbocycles. The highest BCUT2D eigenvalue weighted by molar-refractivity contribution is 9.10. The SMILES string of the molecule is CN(Cc1ccccc1Br)c1cccc(Cl)c1CCN. The molecule has 2 nitrogen and oxygen atoms in total. The molecule has 0 aliphatic rings. The Morgan fingerprint density at radius 2 is 1.90 bits per heavy atom. The molecule has 0 radical (unpaired) electrons. The van der Waals surface area contributed by atoms with E-state index in [1.54, 1.807) is 0 Å². The van der Waals surface area contributed by atoms with Crippen LogP contribution < -0.4 is 10.6 Å². The number of anilines is 1. The van der Waals surface area contributed by atoms with Gasteiger partial charge in [0.2, 0.25) is 0 Å².